The topological polar surface area (TPSA) is 0 Å². The van der Waals surface area contributed by atoms with Crippen LogP contribution in [0.1, 0.15) is 120 Å². The molecule has 1 aliphatic carbocycles. The molecule has 1 aliphatic heterocycles. The van der Waals surface area contributed by atoms with Gasteiger partial charge in [0.05, 0.1) is 0 Å². The van der Waals surface area contributed by atoms with Crippen LogP contribution >= 0.6 is 11.1 Å². The summed E-state index contributed by atoms with van der Waals surface area (Å²) >= 11 is 7.08. The minimum absolute atomic E-state index is 0.768. The Kier molecular flexibility index (Phi) is 9.63. The molecule has 2 fully saturated rings. The van der Waals surface area contributed by atoms with E-state index in [-0.39, 0.29) is 0 Å². The van der Waals surface area contributed by atoms with Crippen molar-refractivity contribution in [1.29, 1.82) is 0 Å². The molecule has 0 nitrogen and oxygen atoms in total. The predicted octanol–water partition coefficient (Wildman–Crippen LogP) is 9.79. The van der Waals surface area contributed by atoms with Crippen molar-refractivity contribution in [2.24, 2.45) is 5.92 Å². The second-order valence-electron chi connectivity index (χ2n) is 10.3. The number of rotatable bonds is 10. The first kappa shape index (κ1) is 23.4. The normalized spacial score (nSPS) is 30.4. The fourth-order valence-electron chi connectivity index (χ4n) is 5.92. The molecule has 1 aromatic carbocycles. The molecule has 0 atom stereocenters. The Balaban J connectivity index is 1.44. The third-order valence-corrected chi connectivity index (χ3v) is 13.4. The fourth-order valence-corrected chi connectivity index (χ4v) is 10.3. The zero-order valence-corrected chi connectivity index (χ0v) is 21.0. The van der Waals surface area contributed by atoms with E-state index in [0.717, 1.165) is 17.8 Å². The molecule has 0 unspecified atom stereocenters. The molecule has 1 heterocycles. The van der Waals surface area contributed by atoms with Crippen molar-refractivity contribution in [1.82, 2.24) is 0 Å². The Morgan fingerprint density at radius 2 is 1.24 bits per heavy atom. The van der Waals surface area contributed by atoms with Gasteiger partial charge in [0, 0.05) is 0 Å². The van der Waals surface area contributed by atoms with E-state index in [9.17, 15) is 0 Å². The second kappa shape index (κ2) is 11.9. The van der Waals surface area contributed by atoms with Gasteiger partial charge >= 0.3 is 0 Å². The van der Waals surface area contributed by atoms with E-state index in [1.165, 1.54) is 102 Å². The van der Waals surface area contributed by atoms with Crippen LogP contribution in [0, 0.1) is 5.92 Å². The Bertz CT molecular complexity index is 565. The van der Waals surface area contributed by atoms with Crippen LogP contribution in [0.3, 0.4) is 0 Å². The van der Waals surface area contributed by atoms with Gasteiger partial charge < -0.3 is 0 Å². The Morgan fingerprint density at radius 1 is 0.724 bits per heavy atom. The molecule has 0 bridgehead atoms. The van der Waals surface area contributed by atoms with Crippen molar-refractivity contribution in [3.8, 4) is 0 Å². The van der Waals surface area contributed by atoms with Gasteiger partial charge in [0.2, 0.25) is 0 Å². The van der Waals surface area contributed by atoms with Crippen LogP contribution in [-0.4, -0.2) is 7.38 Å². The highest BCUT2D eigenvalue weighted by molar-refractivity contribution is 7.20. The monoisotopic (exact) mass is 432 g/mol. The summed E-state index contributed by atoms with van der Waals surface area (Å²) in [5.41, 5.74) is 3.19. The lowest BCUT2D eigenvalue weighted by atomic mass is 9.76. The molecular weight excluding hydrogens is 388 g/mol. The summed E-state index contributed by atoms with van der Waals surface area (Å²) in [4.78, 5) is 0. The lowest BCUT2D eigenvalue weighted by molar-refractivity contribution is 0.303. The lowest BCUT2D eigenvalue weighted by Crippen LogP contribution is -2.31. The first-order valence-corrected chi connectivity index (χ1v) is 16.6. The van der Waals surface area contributed by atoms with Gasteiger partial charge in [0.1, 0.15) is 0 Å². The molecule has 1 saturated carbocycles. The molecule has 0 amide bonds. The third-order valence-electron chi connectivity index (χ3n) is 8.05. The average Bonchev–Trinajstić information content (AvgIpc) is 2.75. The number of unbranched alkanes of at least 4 members (excludes halogenated alkanes) is 4. The van der Waals surface area contributed by atoms with E-state index < -0.39 is 7.38 Å². The van der Waals surface area contributed by atoms with E-state index in [1.807, 2.05) is 0 Å². The van der Waals surface area contributed by atoms with Crippen LogP contribution in [-0.2, 0) is 0 Å². The minimum Gasteiger partial charge on any atom is -0.167 e. The molecule has 29 heavy (non-hydrogen) atoms. The molecule has 2 aliphatic rings. The SMILES string of the molecule is CCCCCC1CCC(c2ccc(C3CC[Si](Cl)(CCCCC)CC3)cc2)CC1. The van der Waals surface area contributed by atoms with Crippen LogP contribution in [0.2, 0.25) is 18.1 Å². The molecular formula is C27H45ClSi. The minimum atomic E-state index is -1.43. The summed E-state index contributed by atoms with van der Waals surface area (Å²) < 4.78 is 0. The largest absolute Gasteiger partial charge is 0.167 e. The number of hydrogen-bond donors (Lipinski definition) is 0. The van der Waals surface area contributed by atoms with Gasteiger partial charge in [-0.2, -0.15) is 11.1 Å². The molecule has 0 aromatic heterocycles. The molecule has 1 aromatic rings. The average molecular weight is 433 g/mol. The molecule has 1 saturated heterocycles. The van der Waals surface area contributed by atoms with Crippen molar-refractivity contribution in [2.75, 3.05) is 0 Å². The van der Waals surface area contributed by atoms with Crippen LogP contribution in [0.5, 0.6) is 0 Å². The zero-order chi connectivity index (χ0) is 20.5. The molecule has 164 valence electrons. The molecule has 0 spiro atoms. The maximum Gasteiger partial charge on any atom is 0.156 e. The standard InChI is InChI=1S/C27H45ClSi/c1-3-5-7-9-23-10-12-24(13-11-23)25-14-16-26(17-15-25)27-18-21-29(28,22-19-27)20-8-6-4-2/h14-17,23-24,27H,3-13,18-22H2,1-2H3. The van der Waals surface area contributed by atoms with Crippen molar-refractivity contribution in [2.45, 2.75) is 127 Å². The van der Waals surface area contributed by atoms with E-state index >= 15 is 0 Å². The van der Waals surface area contributed by atoms with Crippen molar-refractivity contribution >= 4 is 18.5 Å². The molecule has 2 heteroatoms. The number of hydrogen-bond acceptors (Lipinski definition) is 0. The summed E-state index contributed by atoms with van der Waals surface area (Å²) in [6.45, 7) is 4.61. The van der Waals surface area contributed by atoms with Gasteiger partial charge in [-0.15, -0.1) is 0 Å². The van der Waals surface area contributed by atoms with Crippen molar-refractivity contribution in [3.05, 3.63) is 35.4 Å². The summed E-state index contributed by atoms with van der Waals surface area (Å²) in [6.07, 6.45) is 18.2. The first-order chi connectivity index (χ1) is 14.1. The molecule has 3 rings (SSSR count). The lowest BCUT2D eigenvalue weighted by Gasteiger charge is -2.34. The van der Waals surface area contributed by atoms with Crippen molar-refractivity contribution in [3.63, 3.8) is 0 Å². The maximum absolute atomic E-state index is 7.08. The predicted molar refractivity (Wildman–Crippen MR) is 133 cm³/mol. The van der Waals surface area contributed by atoms with Gasteiger partial charge in [0.25, 0.3) is 0 Å². The van der Waals surface area contributed by atoms with Gasteiger partial charge in [-0.1, -0.05) is 83.1 Å². The highest BCUT2D eigenvalue weighted by atomic mass is 35.6. The van der Waals surface area contributed by atoms with Gasteiger partial charge in [0.15, 0.2) is 7.38 Å². The Hall–Kier alpha value is -0.273. The van der Waals surface area contributed by atoms with E-state index in [1.54, 1.807) is 11.1 Å². The van der Waals surface area contributed by atoms with E-state index in [2.05, 4.69) is 38.1 Å². The van der Waals surface area contributed by atoms with Crippen LogP contribution < -0.4 is 0 Å². The summed E-state index contributed by atoms with van der Waals surface area (Å²) in [5.74, 6) is 2.60. The van der Waals surface area contributed by atoms with Gasteiger partial charge in [-0.05, 0) is 85.5 Å². The maximum atomic E-state index is 7.08. The van der Waals surface area contributed by atoms with E-state index in [0.29, 0.717) is 0 Å². The number of halogens is 1. The zero-order valence-electron chi connectivity index (χ0n) is 19.2. The fraction of sp³-hybridized carbons (Fsp3) is 0.778. The smallest absolute Gasteiger partial charge is 0.156 e. The van der Waals surface area contributed by atoms with Crippen LogP contribution in [0.25, 0.3) is 0 Å². The second-order valence-corrected chi connectivity index (χ2v) is 16.5. The van der Waals surface area contributed by atoms with Gasteiger partial charge in [-0.3, -0.25) is 0 Å². The summed E-state index contributed by atoms with van der Waals surface area (Å²) in [6, 6.07) is 13.9. The number of benzene rings is 1. The van der Waals surface area contributed by atoms with Gasteiger partial charge in [-0.25, -0.2) is 0 Å². The van der Waals surface area contributed by atoms with E-state index in [4.69, 9.17) is 11.1 Å². The van der Waals surface area contributed by atoms with Crippen molar-refractivity contribution < 1.29 is 0 Å². The highest BCUT2D eigenvalue weighted by Gasteiger charge is 2.35. The Labute approximate surface area is 186 Å². The van der Waals surface area contributed by atoms with Crippen LogP contribution in [0.15, 0.2) is 24.3 Å². The quantitative estimate of drug-likeness (QED) is 0.196. The Morgan fingerprint density at radius 3 is 1.79 bits per heavy atom. The molecule has 0 radical (unpaired) electrons. The highest BCUT2D eigenvalue weighted by Crippen LogP contribution is 2.44. The summed E-state index contributed by atoms with van der Waals surface area (Å²) in [7, 11) is -1.43. The summed E-state index contributed by atoms with van der Waals surface area (Å²) in [5, 5.41) is 0. The molecule has 0 N–H and O–H groups in total. The first-order valence-electron chi connectivity index (χ1n) is 12.9. The third kappa shape index (κ3) is 7.13. The van der Waals surface area contributed by atoms with Crippen LogP contribution in [0.4, 0.5) is 0 Å².